The molecule has 7 nitrogen and oxygen atoms in total. The van der Waals surface area contributed by atoms with Crippen LogP contribution in [0.1, 0.15) is 20.7 Å². The Balaban J connectivity index is 3.28. The number of benzene rings is 1. The number of non-ortho nitro benzene ring substituents is 1. The number of aromatic carboxylic acids is 1. The highest BCUT2D eigenvalue weighted by Gasteiger charge is 2.19. The predicted octanol–water partition coefficient (Wildman–Crippen LogP) is 1.55. The molecule has 1 rings (SSSR count). The molecule has 0 bridgehead atoms. The van der Waals surface area contributed by atoms with Crippen LogP contribution in [0.25, 0.3) is 0 Å². The SMILES string of the molecule is CN(C)C=CC(=O)c1cc([N+](=O)[O-])ccc1C(=O)O. The van der Waals surface area contributed by atoms with Crippen LogP contribution in [-0.4, -0.2) is 40.8 Å². The number of allylic oxidation sites excluding steroid dienone is 1. The van der Waals surface area contributed by atoms with Gasteiger partial charge in [-0.15, -0.1) is 0 Å². The van der Waals surface area contributed by atoms with Crippen LogP contribution in [0.4, 0.5) is 5.69 Å². The molecule has 0 unspecified atom stereocenters. The lowest BCUT2D eigenvalue weighted by Crippen LogP contribution is -2.09. The number of ketones is 1. The maximum Gasteiger partial charge on any atom is 0.336 e. The van der Waals surface area contributed by atoms with E-state index in [4.69, 9.17) is 5.11 Å². The molecule has 0 fully saturated rings. The number of carbonyl (C=O) groups is 2. The molecule has 0 aliphatic heterocycles. The van der Waals surface area contributed by atoms with E-state index in [-0.39, 0.29) is 16.8 Å². The van der Waals surface area contributed by atoms with Gasteiger partial charge in [-0.05, 0) is 6.07 Å². The molecule has 100 valence electrons. The lowest BCUT2D eigenvalue weighted by molar-refractivity contribution is -0.384. The number of hydrogen-bond acceptors (Lipinski definition) is 5. The molecule has 0 saturated carbocycles. The van der Waals surface area contributed by atoms with Crippen molar-refractivity contribution in [2.45, 2.75) is 0 Å². The molecule has 0 aliphatic carbocycles. The van der Waals surface area contributed by atoms with E-state index in [1.807, 2.05) is 0 Å². The third-order valence-electron chi connectivity index (χ3n) is 2.23. The van der Waals surface area contributed by atoms with Crippen molar-refractivity contribution >= 4 is 17.4 Å². The van der Waals surface area contributed by atoms with Crippen LogP contribution in [0.2, 0.25) is 0 Å². The fourth-order valence-electron chi connectivity index (χ4n) is 1.34. The minimum atomic E-state index is -1.31. The number of nitro benzene ring substituents is 1. The highest BCUT2D eigenvalue weighted by molar-refractivity contribution is 6.11. The smallest absolute Gasteiger partial charge is 0.336 e. The molecule has 19 heavy (non-hydrogen) atoms. The van der Waals surface area contributed by atoms with Gasteiger partial charge >= 0.3 is 5.97 Å². The summed E-state index contributed by atoms with van der Waals surface area (Å²) in [5.41, 5.74) is -0.801. The summed E-state index contributed by atoms with van der Waals surface area (Å²) in [5, 5.41) is 19.6. The number of carboxylic acids is 1. The van der Waals surface area contributed by atoms with E-state index in [2.05, 4.69) is 0 Å². The highest BCUT2D eigenvalue weighted by Crippen LogP contribution is 2.19. The molecular weight excluding hydrogens is 252 g/mol. The Labute approximate surface area is 108 Å². The Morgan fingerprint density at radius 1 is 1.32 bits per heavy atom. The van der Waals surface area contributed by atoms with Gasteiger partial charge < -0.3 is 10.0 Å². The predicted molar refractivity (Wildman–Crippen MR) is 67.2 cm³/mol. The third-order valence-corrected chi connectivity index (χ3v) is 2.23. The summed E-state index contributed by atoms with van der Waals surface area (Å²) in [7, 11) is 3.38. The lowest BCUT2D eigenvalue weighted by atomic mass is 10.0. The van der Waals surface area contributed by atoms with Crippen LogP contribution in [0.15, 0.2) is 30.5 Å². The van der Waals surface area contributed by atoms with Crippen molar-refractivity contribution < 1.29 is 19.6 Å². The summed E-state index contributed by atoms with van der Waals surface area (Å²) in [6.07, 6.45) is 2.60. The summed E-state index contributed by atoms with van der Waals surface area (Å²) in [4.78, 5) is 34.4. The monoisotopic (exact) mass is 264 g/mol. The first-order valence-electron chi connectivity index (χ1n) is 5.23. The summed E-state index contributed by atoms with van der Waals surface area (Å²) in [5.74, 6) is -1.91. The molecule has 7 heteroatoms. The number of rotatable bonds is 5. The fraction of sp³-hybridized carbons (Fsp3) is 0.167. The normalized spacial score (nSPS) is 10.4. The van der Waals surface area contributed by atoms with Gasteiger partial charge in [0, 0.05) is 44.1 Å². The van der Waals surface area contributed by atoms with Crippen molar-refractivity contribution in [2.75, 3.05) is 14.1 Å². The maximum atomic E-state index is 11.8. The average Bonchev–Trinajstić information content (AvgIpc) is 2.34. The second kappa shape index (κ2) is 5.76. The lowest BCUT2D eigenvalue weighted by Gasteiger charge is -2.05. The summed E-state index contributed by atoms with van der Waals surface area (Å²) < 4.78 is 0. The van der Waals surface area contributed by atoms with Gasteiger partial charge in [-0.2, -0.15) is 0 Å². The van der Waals surface area contributed by atoms with Crippen LogP contribution >= 0.6 is 0 Å². The summed E-state index contributed by atoms with van der Waals surface area (Å²) in [6.45, 7) is 0. The van der Waals surface area contributed by atoms with Gasteiger partial charge in [0.05, 0.1) is 10.5 Å². The molecule has 0 atom stereocenters. The van der Waals surface area contributed by atoms with Crippen LogP contribution < -0.4 is 0 Å². The van der Waals surface area contributed by atoms with E-state index in [1.54, 1.807) is 19.0 Å². The molecule has 0 aliphatic rings. The number of hydrogen-bond donors (Lipinski definition) is 1. The highest BCUT2D eigenvalue weighted by atomic mass is 16.6. The number of nitro groups is 1. The van der Waals surface area contributed by atoms with Gasteiger partial charge in [-0.1, -0.05) is 0 Å². The van der Waals surface area contributed by atoms with Crippen LogP contribution in [0.5, 0.6) is 0 Å². The van der Waals surface area contributed by atoms with Crippen LogP contribution in [0.3, 0.4) is 0 Å². The molecule has 1 N–H and O–H groups in total. The molecule has 0 amide bonds. The van der Waals surface area contributed by atoms with E-state index >= 15 is 0 Å². The molecule has 0 heterocycles. The Morgan fingerprint density at radius 3 is 2.42 bits per heavy atom. The molecule has 1 aromatic rings. The molecule has 0 spiro atoms. The summed E-state index contributed by atoms with van der Waals surface area (Å²) >= 11 is 0. The van der Waals surface area contributed by atoms with Gasteiger partial charge in [0.15, 0.2) is 5.78 Å². The van der Waals surface area contributed by atoms with Gasteiger partial charge in [0.2, 0.25) is 0 Å². The minimum Gasteiger partial charge on any atom is -0.478 e. The topological polar surface area (TPSA) is 101 Å². The number of nitrogens with zero attached hydrogens (tertiary/aromatic N) is 2. The van der Waals surface area contributed by atoms with Crippen molar-refractivity contribution in [3.05, 3.63) is 51.7 Å². The van der Waals surface area contributed by atoms with Crippen molar-refractivity contribution in [3.63, 3.8) is 0 Å². The van der Waals surface area contributed by atoms with E-state index < -0.39 is 16.7 Å². The quantitative estimate of drug-likeness (QED) is 0.375. The first-order chi connectivity index (χ1) is 8.82. The van der Waals surface area contributed by atoms with Crippen molar-refractivity contribution in [1.82, 2.24) is 4.90 Å². The number of carboxylic acid groups (broad SMARTS) is 1. The maximum absolute atomic E-state index is 11.8. The number of carbonyl (C=O) groups excluding carboxylic acids is 1. The second-order valence-corrected chi connectivity index (χ2v) is 3.94. The molecule has 0 radical (unpaired) electrons. The molecule has 0 saturated heterocycles. The van der Waals surface area contributed by atoms with Crippen molar-refractivity contribution in [3.8, 4) is 0 Å². The zero-order valence-corrected chi connectivity index (χ0v) is 10.4. The van der Waals surface area contributed by atoms with Gasteiger partial charge in [0.1, 0.15) is 0 Å². The zero-order chi connectivity index (χ0) is 14.6. The third kappa shape index (κ3) is 3.63. The second-order valence-electron chi connectivity index (χ2n) is 3.94. The van der Waals surface area contributed by atoms with E-state index in [0.29, 0.717) is 0 Å². The Bertz CT molecular complexity index is 563. The standard InChI is InChI=1S/C12H12N2O5/c1-13(2)6-5-11(15)10-7-8(14(18)19)3-4-9(10)12(16)17/h3-7H,1-2H3,(H,16,17). The van der Waals surface area contributed by atoms with Gasteiger partial charge in [0.25, 0.3) is 5.69 Å². The Kier molecular flexibility index (Phi) is 4.36. The van der Waals surface area contributed by atoms with Gasteiger partial charge in [-0.3, -0.25) is 14.9 Å². The Hall–Kier alpha value is -2.70. The van der Waals surface area contributed by atoms with Crippen molar-refractivity contribution in [1.29, 1.82) is 0 Å². The molecule has 1 aromatic carbocycles. The van der Waals surface area contributed by atoms with E-state index in [9.17, 15) is 19.7 Å². The van der Waals surface area contributed by atoms with E-state index in [0.717, 1.165) is 24.3 Å². The average molecular weight is 264 g/mol. The molecular formula is C12H12N2O5. The zero-order valence-electron chi connectivity index (χ0n) is 10.4. The van der Waals surface area contributed by atoms with Crippen LogP contribution in [0, 0.1) is 10.1 Å². The molecule has 0 aromatic heterocycles. The minimum absolute atomic E-state index is 0.209. The van der Waals surface area contributed by atoms with Crippen molar-refractivity contribution in [2.24, 2.45) is 0 Å². The van der Waals surface area contributed by atoms with Crippen LogP contribution in [-0.2, 0) is 0 Å². The fourth-order valence-corrected chi connectivity index (χ4v) is 1.34. The Morgan fingerprint density at radius 2 is 1.95 bits per heavy atom. The van der Waals surface area contributed by atoms with E-state index in [1.165, 1.54) is 6.20 Å². The first kappa shape index (κ1) is 14.4. The first-order valence-corrected chi connectivity index (χ1v) is 5.23. The largest absolute Gasteiger partial charge is 0.478 e. The van der Waals surface area contributed by atoms with Gasteiger partial charge in [-0.25, -0.2) is 4.79 Å². The summed E-state index contributed by atoms with van der Waals surface area (Å²) in [6, 6.07) is 3.07.